The third-order valence-corrected chi connectivity index (χ3v) is 4.19. The minimum absolute atomic E-state index is 0.292. The van der Waals surface area contributed by atoms with Gasteiger partial charge < -0.3 is 15.4 Å². The number of amides is 1. The molecule has 0 radical (unpaired) electrons. The third kappa shape index (κ3) is 4.25. The molecule has 0 saturated heterocycles. The minimum Gasteiger partial charge on any atom is -0.495 e. The first-order valence-corrected chi connectivity index (χ1v) is 8.45. The molecule has 0 bridgehead atoms. The molecule has 0 fully saturated rings. The van der Waals surface area contributed by atoms with E-state index in [9.17, 15) is 4.79 Å². The highest BCUT2D eigenvalue weighted by Gasteiger charge is 2.10. The molecule has 132 valence electrons. The molecule has 26 heavy (non-hydrogen) atoms. The van der Waals surface area contributed by atoms with Crippen LogP contribution in [0.25, 0.3) is 0 Å². The fraction of sp³-hybridized carbons (Fsp3) is 0.0526. The minimum atomic E-state index is -0.292. The second-order valence-electron chi connectivity index (χ2n) is 5.34. The zero-order chi connectivity index (χ0) is 18.5. The Balaban J connectivity index is 1.68. The van der Waals surface area contributed by atoms with Crippen LogP contribution in [0.3, 0.4) is 0 Å². The summed E-state index contributed by atoms with van der Waals surface area (Å²) in [6, 6.07) is 15.7. The van der Waals surface area contributed by atoms with Crippen LogP contribution in [0.4, 0.5) is 17.2 Å². The van der Waals surface area contributed by atoms with Crippen LogP contribution in [0.15, 0.2) is 60.8 Å². The molecule has 0 saturated carbocycles. The molecule has 1 aromatic heterocycles. The fourth-order valence-electron chi connectivity index (χ4n) is 2.28. The summed E-state index contributed by atoms with van der Waals surface area (Å²) in [6.07, 6.45) is 1.56. The van der Waals surface area contributed by atoms with E-state index < -0.39 is 0 Å². The van der Waals surface area contributed by atoms with Crippen molar-refractivity contribution in [2.45, 2.75) is 0 Å². The summed E-state index contributed by atoms with van der Waals surface area (Å²) in [5.74, 6) is 0.921. The Bertz CT molecular complexity index is 930. The van der Waals surface area contributed by atoms with Gasteiger partial charge in [0.1, 0.15) is 11.6 Å². The van der Waals surface area contributed by atoms with Gasteiger partial charge in [-0.05, 0) is 42.5 Å². The molecule has 3 aromatic rings. The Hall–Kier alpha value is -2.76. The number of hydrogen-bond acceptors (Lipinski definition) is 4. The molecular formula is C19H15Cl2N3O2. The molecule has 1 amide bonds. The summed E-state index contributed by atoms with van der Waals surface area (Å²) in [6.45, 7) is 0. The van der Waals surface area contributed by atoms with Crippen molar-refractivity contribution in [3.05, 3.63) is 76.4 Å². The zero-order valence-electron chi connectivity index (χ0n) is 13.8. The van der Waals surface area contributed by atoms with Gasteiger partial charge in [-0.15, -0.1) is 0 Å². The van der Waals surface area contributed by atoms with Gasteiger partial charge in [-0.3, -0.25) is 4.79 Å². The van der Waals surface area contributed by atoms with Gasteiger partial charge in [0.05, 0.1) is 34.6 Å². The van der Waals surface area contributed by atoms with Gasteiger partial charge in [-0.25, -0.2) is 4.98 Å². The zero-order valence-corrected chi connectivity index (χ0v) is 15.3. The molecule has 2 N–H and O–H groups in total. The lowest BCUT2D eigenvalue weighted by molar-refractivity contribution is 0.102. The van der Waals surface area contributed by atoms with E-state index in [0.717, 1.165) is 5.69 Å². The average molecular weight is 388 g/mol. The van der Waals surface area contributed by atoms with E-state index in [2.05, 4.69) is 15.6 Å². The predicted octanol–water partition coefficient (Wildman–Crippen LogP) is 5.39. The third-order valence-electron chi connectivity index (χ3n) is 3.56. The number of carbonyl (C=O) groups excluding carboxylic acids is 1. The molecule has 7 heteroatoms. The van der Waals surface area contributed by atoms with Gasteiger partial charge in [0.25, 0.3) is 5.91 Å². The molecule has 2 aromatic carbocycles. The van der Waals surface area contributed by atoms with E-state index in [4.69, 9.17) is 27.9 Å². The van der Waals surface area contributed by atoms with E-state index in [0.29, 0.717) is 32.9 Å². The number of aromatic nitrogens is 1. The quantitative estimate of drug-likeness (QED) is 0.615. The van der Waals surface area contributed by atoms with Crippen LogP contribution in [0.5, 0.6) is 5.75 Å². The van der Waals surface area contributed by atoms with Crippen molar-refractivity contribution >= 4 is 46.3 Å². The number of carbonyl (C=O) groups is 1. The number of pyridine rings is 1. The van der Waals surface area contributed by atoms with Gasteiger partial charge in [-0.1, -0.05) is 35.3 Å². The van der Waals surface area contributed by atoms with Crippen LogP contribution in [0.2, 0.25) is 10.0 Å². The van der Waals surface area contributed by atoms with E-state index in [-0.39, 0.29) is 5.91 Å². The van der Waals surface area contributed by atoms with E-state index in [1.54, 1.807) is 61.8 Å². The second-order valence-corrected chi connectivity index (χ2v) is 6.15. The lowest BCUT2D eigenvalue weighted by Gasteiger charge is -2.10. The molecule has 3 rings (SSSR count). The first kappa shape index (κ1) is 18.0. The molecule has 5 nitrogen and oxygen atoms in total. The van der Waals surface area contributed by atoms with Gasteiger partial charge in [0.15, 0.2) is 0 Å². The number of benzene rings is 2. The Morgan fingerprint density at radius 1 is 1.00 bits per heavy atom. The Morgan fingerprint density at radius 3 is 2.42 bits per heavy atom. The summed E-state index contributed by atoms with van der Waals surface area (Å²) in [5, 5.41) is 6.79. The summed E-state index contributed by atoms with van der Waals surface area (Å²) in [5.41, 5.74) is 1.74. The maximum absolute atomic E-state index is 12.2. The maximum Gasteiger partial charge on any atom is 0.257 e. The Kier molecular flexibility index (Phi) is 5.61. The van der Waals surface area contributed by atoms with E-state index in [1.807, 2.05) is 6.07 Å². The number of anilines is 3. The maximum atomic E-state index is 12.2. The van der Waals surface area contributed by atoms with Crippen molar-refractivity contribution < 1.29 is 9.53 Å². The van der Waals surface area contributed by atoms with Gasteiger partial charge in [-0.2, -0.15) is 0 Å². The van der Waals surface area contributed by atoms with Crippen LogP contribution in [0, 0.1) is 0 Å². The number of ether oxygens (including phenoxy) is 1. The Morgan fingerprint density at radius 2 is 1.77 bits per heavy atom. The largest absolute Gasteiger partial charge is 0.495 e. The van der Waals surface area contributed by atoms with Crippen molar-refractivity contribution in [1.29, 1.82) is 0 Å². The normalized spacial score (nSPS) is 10.3. The van der Waals surface area contributed by atoms with Gasteiger partial charge in [0, 0.05) is 5.69 Å². The molecule has 0 atom stereocenters. The Labute approximate surface area is 160 Å². The summed E-state index contributed by atoms with van der Waals surface area (Å²) < 4.78 is 5.12. The standard InChI is InChI=1S/C19H15Cl2N3O2/c1-26-17-8-6-12(10-16(17)21)23-18-9-7-13(11-22-18)24-19(25)14-4-2-3-5-15(14)20/h2-11H,1H3,(H,22,23)(H,24,25). The van der Waals surface area contributed by atoms with Crippen molar-refractivity contribution in [2.24, 2.45) is 0 Å². The van der Waals surface area contributed by atoms with Crippen LogP contribution >= 0.6 is 23.2 Å². The predicted molar refractivity (Wildman–Crippen MR) is 105 cm³/mol. The summed E-state index contributed by atoms with van der Waals surface area (Å²) in [7, 11) is 1.56. The lowest BCUT2D eigenvalue weighted by Crippen LogP contribution is -2.12. The number of methoxy groups -OCH3 is 1. The SMILES string of the molecule is COc1ccc(Nc2ccc(NC(=O)c3ccccc3Cl)cn2)cc1Cl. The molecule has 0 aliphatic carbocycles. The highest BCUT2D eigenvalue weighted by Crippen LogP contribution is 2.28. The van der Waals surface area contributed by atoms with Crippen molar-refractivity contribution in [3.63, 3.8) is 0 Å². The highest BCUT2D eigenvalue weighted by atomic mass is 35.5. The van der Waals surface area contributed by atoms with Crippen LogP contribution in [0.1, 0.15) is 10.4 Å². The summed E-state index contributed by atoms with van der Waals surface area (Å²) in [4.78, 5) is 16.5. The number of rotatable bonds is 5. The molecule has 1 heterocycles. The van der Waals surface area contributed by atoms with Crippen molar-refractivity contribution in [1.82, 2.24) is 4.98 Å². The molecule has 0 unspecified atom stereocenters. The van der Waals surface area contributed by atoms with Crippen molar-refractivity contribution in [2.75, 3.05) is 17.7 Å². The topological polar surface area (TPSA) is 63.2 Å². The van der Waals surface area contributed by atoms with Crippen LogP contribution < -0.4 is 15.4 Å². The molecular weight excluding hydrogens is 373 g/mol. The average Bonchev–Trinajstić information content (AvgIpc) is 2.64. The molecule has 0 aliphatic rings. The van der Waals surface area contributed by atoms with Crippen LogP contribution in [-0.4, -0.2) is 18.0 Å². The van der Waals surface area contributed by atoms with Crippen LogP contribution in [-0.2, 0) is 0 Å². The number of hydrogen-bond donors (Lipinski definition) is 2. The molecule has 0 spiro atoms. The second kappa shape index (κ2) is 8.08. The first-order chi connectivity index (χ1) is 12.6. The molecule has 0 aliphatic heterocycles. The fourth-order valence-corrected chi connectivity index (χ4v) is 2.76. The summed E-state index contributed by atoms with van der Waals surface area (Å²) >= 11 is 12.1. The number of nitrogens with one attached hydrogen (secondary N) is 2. The van der Waals surface area contributed by atoms with Crippen molar-refractivity contribution in [3.8, 4) is 5.75 Å². The number of nitrogens with zero attached hydrogens (tertiary/aromatic N) is 1. The first-order valence-electron chi connectivity index (χ1n) is 7.69. The van der Waals surface area contributed by atoms with Gasteiger partial charge in [0.2, 0.25) is 0 Å². The van der Waals surface area contributed by atoms with E-state index >= 15 is 0 Å². The lowest BCUT2D eigenvalue weighted by atomic mass is 10.2. The monoisotopic (exact) mass is 387 g/mol. The highest BCUT2D eigenvalue weighted by molar-refractivity contribution is 6.34. The van der Waals surface area contributed by atoms with Gasteiger partial charge >= 0.3 is 0 Å². The smallest absolute Gasteiger partial charge is 0.257 e. The van der Waals surface area contributed by atoms with E-state index in [1.165, 1.54) is 0 Å². The number of halogens is 2.